The van der Waals surface area contributed by atoms with E-state index in [0.29, 0.717) is 10.7 Å². The lowest BCUT2D eigenvalue weighted by atomic mass is 10.1. The number of hydrogen-bond donors (Lipinski definition) is 2. The van der Waals surface area contributed by atoms with Crippen molar-refractivity contribution in [2.45, 2.75) is 38.6 Å². The summed E-state index contributed by atoms with van der Waals surface area (Å²) >= 11 is 5.92. The van der Waals surface area contributed by atoms with Crippen LogP contribution in [-0.2, 0) is 9.59 Å². The second-order valence-corrected chi connectivity index (χ2v) is 6.24. The number of aliphatic carboxylic acids is 1. The Balaban J connectivity index is 2.01. The van der Waals surface area contributed by atoms with E-state index in [2.05, 4.69) is 5.32 Å². The fourth-order valence-electron chi connectivity index (χ4n) is 2.86. The van der Waals surface area contributed by atoms with E-state index in [1.165, 1.54) is 0 Å². The fraction of sp³-hybridized carbons (Fsp3) is 0.500. The number of rotatable bonds is 5. The molecule has 1 aliphatic rings. The molecule has 5 nitrogen and oxygen atoms in total. The van der Waals surface area contributed by atoms with Gasteiger partial charge in [-0.15, -0.1) is 0 Å². The highest BCUT2D eigenvalue weighted by atomic mass is 35.5. The number of carbonyl (C=O) groups excluding carboxylic acids is 2. The summed E-state index contributed by atoms with van der Waals surface area (Å²) in [6, 6.07) is 4.43. The first-order valence-electron chi connectivity index (χ1n) is 7.59. The van der Waals surface area contributed by atoms with Gasteiger partial charge in [-0.3, -0.25) is 4.79 Å². The number of anilines is 1. The molecule has 1 aromatic carbocycles. The molecule has 6 heteroatoms. The number of carbonyl (C=O) groups is 2. The number of piperidine rings is 1. The molecule has 22 heavy (non-hydrogen) atoms. The summed E-state index contributed by atoms with van der Waals surface area (Å²) in [6.07, 6.45) is 3.03. The van der Waals surface area contributed by atoms with Crippen LogP contribution in [0.5, 0.6) is 0 Å². The standard InChI is InChI=1S/C16H21ClN2O3/c1-11-5-6-12(17)9-13(11)18-15(20)10-14(16(21)22)19-7-3-2-4-8-19/h5-6,9,14H,2-4,7-8,10H2,1H3,(H,18,20)(H,21,22)/t14-/m1/s1. The average molecular weight is 325 g/mol. The van der Waals surface area contributed by atoms with Crippen LogP contribution in [0.25, 0.3) is 0 Å². The van der Waals surface area contributed by atoms with Gasteiger partial charge in [0.1, 0.15) is 6.04 Å². The van der Waals surface area contributed by atoms with Gasteiger partial charge in [0.25, 0.3) is 0 Å². The highest BCUT2D eigenvalue weighted by Gasteiger charge is 2.28. The molecule has 2 rings (SSSR count). The van der Waals surface area contributed by atoms with E-state index >= 15 is 0 Å². The average Bonchev–Trinajstić information content (AvgIpc) is 2.49. The molecule has 0 radical (unpaired) electrons. The summed E-state index contributed by atoms with van der Waals surface area (Å²) in [6.45, 7) is 3.42. The van der Waals surface area contributed by atoms with Crippen molar-refractivity contribution in [3.63, 3.8) is 0 Å². The van der Waals surface area contributed by atoms with Gasteiger partial charge in [-0.1, -0.05) is 17.7 Å². The molecule has 1 aliphatic heterocycles. The second kappa shape index (κ2) is 7.61. The zero-order valence-corrected chi connectivity index (χ0v) is 13.4. The van der Waals surface area contributed by atoms with Crippen molar-refractivity contribution in [3.05, 3.63) is 28.8 Å². The first-order chi connectivity index (χ1) is 10.5. The summed E-state index contributed by atoms with van der Waals surface area (Å²) in [7, 11) is 0. The van der Waals surface area contributed by atoms with Crippen molar-refractivity contribution in [3.8, 4) is 0 Å². The minimum Gasteiger partial charge on any atom is -0.544 e. The van der Waals surface area contributed by atoms with E-state index in [4.69, 9.17) is 11.6 Å². The Bertz CT molecular complexity index is 556. The maximum atomic E-state index is 12.2. The molecule has 1 aromatic rings. The molecular weight excluding hydrogens is 304 g/mol. The molecule has 0 bridgehead atoms. The van der Waals surface area contributed by atoms with Gasteiger partial charge >= 0.3 is 0 Å². The predicted molar refractivity (Wildman–Crippen MR) is 82.8 cm³/mol. The Kier molecular flexibility index (Phi) is 5.80. The van der Waals surface area contributed by atoms with E-state index in [1.54, 1.807) is 12.1 Å². The number of amides is 1. The minimum atomic E-state index is -1.16. The van der Waals surface area contributed by atoms with E-state index in [-0.39, 0.29) is 12.3 Å². The van der Waals surface area contributed by atoms with Crippen LogP contribution >= 0.6 is 11.6 Å². The summed E-state index contributed by atoms with van der Waals surface area (Å²) < 4.78 is 0. The maximum Gasteiger partial charge on any atom is 0.230 e. The fourth-order valence-corrected chi connectivity index (χ4v) is 3.04. The van der Waals surface area contributed by atoms with Gasteiger partial charge in [-0.25, -0.2) is 0 Å². The van der Waals surface area contributed by atoms with Gasteiger partial charge in [-0.05, 0) is 43.9 Å². The number of hydrogen-bond acceptors (Lipinski definition) is 3. The number of quaternary nitrogens is 1. The van der Waals surface area contributed by atoms with Crippen LogP contribution in [0.2, 0.25) is 5.02 Å². The number of aryl methyl sites for hydroxylation is 1. The maximum absolute atomic E-state index is 12.2. The second-order valence-electron chi connectivity index (χ2n) is 5.80. The van der Waals surface area contributed by atoms with Crippen LogP contribution in [-0.4, -0.2) is 31.0 Å². The molecule has 0 spiro atoms. The van der Waals surface area contributed by atoms with Crippen molar-refractivity contribution in [2.24, 2.45) is 0 Å². The third-order valence-corrected chi connectivity index (χ3v) is 4.37. The number of likely N-dealkylation sites (tertiary alicyclic amines) is 1. The van der Waals surface area contributed by atoms with Crippen LogP contribution in [0.3, 0.4) is 0 Å². The highest BCUT2D eigenvalue weighted by Crippen LogP contribution is 2.20. The summed E-state index contributed by atoms with van der Waals surface area (Å²) in [5.74, 6) is -1.48. The number of carboxylic acid groups (broad SMARTS) is 1. The van der Waals surface area contributed by atoms with Gasteiger partial charge < -0.3 is 20.1 Å². The van der Waals surface area contributed by atoms with Crippen LogP contribution < -0.4 is 15.3 Å². The Morgan fingerprint density at radius 2 is 2.00 bits per heavy atom. The Labute approximate surface area is 135 Å². The van der Waals surface area contributed by atoms with Crippen molar-refractivity contribution in [1.29, 1.82) is 0 Å². The number of benzene rings is 1. The Morgan fingerprint density at radius 3 is 2.64 bits per heavy atom. The van der Waals surface area contributed by atoms with Crippen molar-refractivity contribution >= 4 is 29.2 Å². The molecule has 1 amide bonds. The zero-order chi connectivity index (χ0) is 16.1. The smallest absolute Gasteiger partial charge is 0.230 e. The Morgan fingerprint density at radius 1 is 1.32 bits per heavy atom. The van der Waals surface area contributed by atoms with Gasteiger partial charge in [0.15, 0.2) is 0 Å². The SMILES string of the molecule is Cc1ccc(Cl)cc1NC(=O)C[C@H](C(=O)[O-])[NH+]1CCCCC1. The van der Waals surface area contributed by atoms with Crippen molar-refractivity contribution < 1.29 is 19.6 Å². The first-order valence-corrected chi connectivity index (χ1v) is 7.96. The lowest BCUT2D eigenvalue weighted by molar-refractivity contribution is -0.922. The van der Waals surface area contributed by atoms with Gasteiger partial charge in [-0.2, -0.15) is 0 Å². The summed E-state index contributed by atoms with van der Waals surface area (Å²) in [5, 5.41) is 14.6. The topological polar surface area (TPSA) is 73.7 Å². The molecule has 1 heterocycles. The molecule has 0 aromatic heterocycles. The van der Waals surface area contributed by atoms with Crippen LogP contribution in [0.15, 0.2) is 18.2 Å². The van der Waals surface area contributed by atoms with E-state index in [9.17, 15) is 14.7 Å². The molecule has 1 saturated heterocycles. The van der Waals surface area contributed by atoms with Crippen LogP contribution in [0.1, 0.15) is 31.2 Å². The quantitative estimate of drug-likeness (QED) is 0.810. The normalized spacial score (nSPS) is 17.0. The summed E-state index contributed by atoms with van der Waals surface area (Å²) in [5.41, 5.74) is 1.50. The lowest BCUT2D eigenvalue weighted by Crippen LogP contribution is -3.18. The largest absolute Gasteiger partial charge is 0.544 e. The van der Waals surface area contributed by atoms with Gasteiger partial charge in [0.05, 0.1) is 25.5 Å². The lowest BCUT2D eigenvalue weighted by Gasteiger charge is -2.31. The van der Waals surface area contributed by atoms with E-state index in [0.717, 1.165) is 42.8 Å². The van der Waals surface area contributed by atoms with Gasteiger partial charge in [0, 0.05) is 10.7 Å². The minimum absolute atomic E-state index is 0.0797. The third-order valence-electron chi connectivity index (χ3n) is 4.14. The van der Waals surface area contributed by atoms with Crippen molar-refractivity contribution in [2.75, 3.05) is 18.4 Å². The highest BCUT2D eigenvalue weighted by molar-refractivity contribution is 6.31. The molecule has 1 fully saturated rings. The molecule has 0 unspecified atom stereocenters. The van der Waals surface area contributed by atoms with Crippen LogP contribution in [0, 0.1) is 6.92 Å². The van der Waals surface area contributed by atoms with Gasteiger partial charge in [0.2, 0.25) is 5.91 Å². The predicted octanol–water partition coefficient (Wildman–Crippen LogP) is 0.164. The van der Waals surface area contributed by atoms with Crippen molar-refractivity contribution in [1.82, 2.24) is 0 Å². The number of carboxylic acids is 1. The molecule has 0 saturated carbocycles. The summed E-state index contributed by atoms with van der Waals surface area (Å²) in [4.78, 5) is 24.5. The number of halogens is 1. The van der Waals surface area contributed by atoms with E-state index < -0.39 is 12.0 Å². The molecule has 1 atom stereocenters. The monoisotopic (exact) mass is 324 g/mol. The first kappa shape index (κ1) is 16.8. The van der Waals surface area contributed by atoms with Crippen LogP contribution in [0.4, 0.5) is 5.69 Å². The molecule has 2 N–H and O–H groups in total. The molecule has 120 valence electrons. The Hall–Kier alpha value is -1.59. The third kappa shape index (κ3) is 4.45. The van der Waals surface area contributed by atoms with E-state index in [1.807, 2.05) is 13.0 Å². The molecule has 0 aliphatic carbocycles. The zero-order valence-electron chi connectivity index (χ0n) is 12.7. The molecular formula is C16H21ClN2O3. The number of nitrogens with one attached hydrogen (secondary N) is 2.